The van der Waals surface area contributed by atoms with Gasteiger partial charge in [0.2, 0.25) is 0 Å². The third-order valence-electron chi connectivity index (χ3n) is 5.99. The molecule has 0 spiro atoms. The second-order valence-electron chi connectivity index (χ2n) is 8.07. The summed E-state index contributed by atoms with van der Waals surface area (Å²) < 4.78 is 7.78. The summed E-state index contributed by atoms with van der Waals surface area (Å²) in [6.07, 6.45) is 10.1. The zero-order valence-corrected chi connectivity index (χ0v) is 17.4. The SMILES string of the molecule is c1ccc(CN(Cc2ccco2)[C@H](c2ccncc2)c2nnnn2C2CCCC2)cc1. The molecule has 7 nitrogen and oxygen atoms in total. The zero-order chi connectivity index (χ0) is 20.9. The summed E-state index contributed by atoms with van der Waals surface area (Å²) in [5, 5.41) is 13.1. The fraction of sp³-hybridized carbons (Fsp3) is 0.333. The molecule has 3 aromatic heterocycles. The van der Waals surface area contributed by atoms with Crippen molar-refractivity contribution in [3.8, 4) is 0 Å². The minimum Gasteiger partial charge on any atom is -0.468 e. The molecule has 1 fully saturated rings. The lowest BCUT2D eigenvalue weighted by molar-refractivity contribution is 0.177. The number of hydrogen-bond donors (Lipinski definition) is 0. The molecule has 0 unspecified atom stereocenters. The molecular formula is C24H26N6O. The molecule has 1 aromatic carbocycles. The summed E-state index contributed by atoms with van der Waals surface area (Å²) in [5.74, 6) is 1.79. The molecule has 0 amide bonds. The number of furan rings is 1. The summed E-state index contributed by atoms with van der Waals surface area (Å²) >= 11 is 0. The van der Waals surface area contributed by atoms with Gasteiger partial charge in [-0.15, -0.1) is 5.10 Å². The third kappa shape index (κ3) is 4.41. The van der Waals surface area contributed by atoms with Crippen molar-refractivity contribution >= 4 is 0 Å². The van der Waals surface area contributed by atoms with Crippen LogP contribution in [0.4, 0.5) is 0 Å². The van der Waals surface area contributed by atoms with E-state index in [-0.39, 0.29) is 6.04 Å². The average Bonchev–Trinajstić information content (AvgIpc) is 3.58. The molecule has 0 aliphatic heterocycles. The molecule has 158 valence electrons. The van der Waals surface area contributed by atoms with Crippen molar-refractivity contribution in [2.45, 2.75) is 50.9 Å². The molecule has 1 atom stereocenters. The van der Waals surface area contributed by atoms with E-state index >= 15 is 0 Å². The molecule has 5 rings (SSSR count). The maximum atomic E-state index is 5.72. The van der Waals surface area contributed by atoms with Crippen molar-refractivity contribution in [3.63, 3.8) is 0 Å². The Morgan fingerprint density at radius 1 is 0.968 bits per heavy atom. The van der Waals surface area contributed by atoms with Gasteiger partial charge in [0.1, 0.15) is 5.76 Å². The van der Waals surface area contributed by atoms with E-state index in [9.17, 15) is 0 Å². The van der Waals surface area contributed by atoms with Crippen LogP contribution in [0.1, 0.15) is 60.5 Å². The minimum absolute atomic E-state index is 0.121. The molecule has 0 saturated heterocycles. The summed E-state index contributed by atoms with van der Waals surface area (Å²) in [6.45, 7) is 1.39. The highest BCUT2D eigenvalue weighted by atomic mass is 16.3. The molecule has 1 aliphatic carbocycles. The van der Waals surface area contributed by atoms with Crippen molar-refractivity contribution in [1.29, 1.82) is 0 Å². The Kier molecular flexibility index (Phi) is 5.84. The lowest BCUT2D eigenvalue weighted by Gasteiger charge is -2.31. The van der Waals surface area contributed by atoms with Gasteiger partial charge in [0, 0.05) is 18.9 Å². The van der Waals surface area contributed by atoms with Crippen molar-refractivity contribution in [2.24, 2.45) is 0 Å². The van der Waals surface area contributed by atoms with Crippen molar-refractivity contribution in [2.75, 3.05) is 0 Å². The molecule has 1 saturated carbocycles. The van der Waals surface area contributed by atoms with Crippen LogP contribution in [0.3, 0.4) is 0 Å². The highest BCUT2D eigenvalue weighted by molar-refractivity contribution is 5.24. The molecule has 4 aromatic rings. The molecule has 7 heteroatoms. The van der Waals surface area contributed by atoms with Gasteiger partial charge >= 0.3 is 0 Å². The number of benzene rings is 1. The van der Waals surface area contributed by atoms with Gasteiger partial charge in [-0.3, -0.25) is 9.88 Å². The molecule has 0 bridgehead atoms. The first-order valence-electron chi connectivity index (χ1n) is 10.9. The first kappa shape index (κ1) is 19.6. The molecular weight excluding hydrogens is 388 g/mol. The predicted octanol–water partition coefficient (Wildman–Crippen LogP) is 4.57. The highest BCUT2D eigenvalue weighted by Gasteiger charge is 2.32. The maximum Gasteiger partial charge on any atom is 0.173 e. The fourth-order valence-corrected chi connectivity index (χ4v) is 4.52. The Morgan fingerprint density at radius 2 is 1.77 bits per heavy atom. The van der Waals surface area contributed by atoms with E-state index in [0.29, 0.717) is 12.6 Å². The summed E-state index contributed by atoms with van der Waals surface area (Å²) in [7, 11) is 0. The molecule has 1 aliphatic rings. The van der Waals surface area contributed by atoms with Gasteiger partial charge < -0.3 is 4.42 Å². The van der Waals surface area contributed by atoms with Gasteiger partial charge in [-0.05, 0) is 58.7 Å². The van der Waals surface area contributed by atoms with Crippen molar-refractivity contribution in [1.82, 2.24) is 30.1 Å². The van der Waals surface area contributed by atoms with Crippen LogP contribution in [0.25, 0.3) is 0 Å². The first-order chi connectivity index (χ1) is 15.4. The van der Waals surface area contributed by atoms with Crippen LogP contribution < -0.4 is 0 Å². The normalized spacial score (nSPS) is 15.5. The summed E-state index contributed by atoms with van der Waals surface area (Å²) in [6, 6.07) is 18.8. The van der Waals surface area contributed by atoms with Crippen LogP contribution in [0.15, 0.2) is 77.7 Å². The van der Waals surface area contributed by atoms with Crippen LogP contribution in [-0.2, 0) is 13.1 Å². The number of tetrazole rings is 1. The number of pyridine rings is 1. The van der Waals surface area contributed by atoms with Gasteiger partial charge in [0.05, 0.1) is 24.9 Å². The zero-order valence-electron chi connectivity index (χ0n) is 17.4. The van der Waals surface area contributed by atoms with Crippen LogP contribution >= 0.6 is 0 Å². The van der Waals surface area contributed by atoms with Gasteiger partial charge in [-0.2, -0.15) is 0 Å². The Hall–Kier alpha value is -3.32. The predicted molar refractivity (Wildman–Crippen MR) is 116 cm³/mol. The monoisotopic (exact) mass is 414 g/mol. The van der Waals surface area contributed by atoms with E-state index in [0.717, 1.165) is 36.5 Å². The molecule has 31 heavy (non-hydrogen) atoms. The first-order valence-corrected chi connectivity index (χ1v) is 10.9. The smallest absolute Gasteiger partial charge is 0.173 e. The Morgan fingerprint density at radius 3 is 2.52 bits per heavy atom. The Balaban J connectivity index is 1.58. The van der Waals surface area contributed by atoms with Gasteiger partial charge in [-0.1, -0.05) is 43.2 Å². The van der Waals surface area contributed by atoms with Crippen molar-refractivity contribution in [3.05, 3.63) is 96.0 Å². The minimum atomic E-state index is -0.121. The fourth-order valence-electron chi connectivity index (χ4n) is 4.52. The van der Waals surface area contributed by atoms with Gasteiger partial charge in [0.15, 0.2) is 5.82 Å². The second-order valence-corrected chi connectivity index (χ2v) is 8.07. The lowest BCUT2D eigenvalue weighted by Crippen LogP contribution is -2.32. The summed E-state index contributed by atoms with van der Waals surface area (Å²) in [5.41, 5.74) is 2.35. The Bertz CT molecular complexity index is 1060. The molecule has 3 heterocycles. The number of nitrogens with zero attached hydrogens (tertiary/aromatic N) is 6. The number of hydrogen-bond acceptors (Lipinski definition) is 6. The number of aromatic nitrogens is 5. The third-order valence-corrected chi connectivity index (χ3v) is 5.99. The van der Waals surface area contributed by atoms with Gasteiger partial charge in [0.25, 0.3) is 0 Å². The van der Waals surface area contributed by atoms with E-state index in [1.54, 1.807) is 6.26 Å². The quantitative estimate of drug-likeness (QED) is 0.421. The highest BCUT2D eigenvalue weighted by Crippen LogP contribution is 2.35. The van der Waals surface area contributed by atoms with E-state index in [2.05, 4.69) is 66.5 Å². The summed E-state index contributed by atoms with van der Waals surface area (Å²) in [4.78, 5) is 6.61. The van der Waals surface area contributed by atoms with E-state index in [1.807, 2.05) is 30.6 Å². The second kappa shape index (κ2) is 9.22. The number of rotatable bonds is 8. The molecule has 0 radical (unpaired) electrons. The van der Waals surface area contributed by atoms with Crippen LogP contribution in [0.2, 0.25) is 0 Å². The van der Waals surface area contributed by atoms with E-state index in [4.69, 9.17) is 4.42 Å². The average molecular weight is 415 g/mol. The Labute approximate surface area is 181 Å². The molecule has 0 N–H and O–H groups in total. The lowest BCUT2D eigenvalue weighted by atomic mass is 10.0. The van der Waals surface area contributed by atoms with Crippen LogP contribution in [-0.4, -0.2) is 30.1 Å². The van der Waals surface area contributed by atoms with Gasteiger partial charge in [-0.25, -0.2) is 4.68 Å². The van der Waals surface area contributed by atoms with E-state index < -0.39 is 0 Å². The van der Waals surface area contributed by atoms with Crippen LogP contribution in [0.5, 0.6) is 0 Å². The largest absolute Gasteiger partial charge is 0.468 e. The topological polar surface area (TPSA) is 72.9 Å². The van der Waals surface area contributed by atoms with Crippen molar-refractivity contribution < 1.29 is 4.42 Å². The maximum absolute atomic E-state index is 5.72. The van der Waals surface area contributed by atoms with Crippen LogP contribution in [0, 0.1) is 0 Å². The van der Waals surface area contributed by atoms with E-state index in [1.165, 1.54) is 18.4 Å². The standard InChI is InChI=1S/C24H26N6O/c1-2-7-19(8-3-1)17-29(18-22-11-6-16-31-22)23(20-12-14-25-15-13-20)24-26-27-28-30(24)21-9-4-5-10-21/h1-3,6-8,11-16,21,23H,4-5,9-10,17-18H2/t23-/m1/s1.